The van der Waals surface area contributed by atoms with Crippen molar-refractivity contribution in [3.05, 3.63) is 76.9 Å². The lowest BCUT2D eigenvalue weighted by atomic mass is 9.97. The van der Waals surface area contributed by atoms with E-state index in [1.807, 2.05) is 30.3 Å². The highest BCUT2D eigenvalue weighted by atomic mass is 19.3. The van der Waals surface area contributed by atoms with E-state index in [9.17, 15) is 23.2 Å². The molecule has 1 saturated heterocycles. The van der Waals surface area contributed by atoms with Gasteiger partial charge in [0.2, 0.25) is 5.91 Å². The van der Waals surface area contributed by atoms with Crippen LogP contribution >= 0.6 is 0 Å². The van der Waals surface area contributed by atoms with Crippen molar-refractivity contribution in [2.75, 3.05) is 6.54 Å². The van der Waals surface area contributed by atoms with Crippen LogP contribution in [0.15, 0.2) is 48.8 Å². The van der Waals surface area contributed by atoms with Gasteiger partial charge < -0.3 is 0 Å². The number of amides is 1. The minimum Gasteiger partial charge on any atom is -0.299 e. The third kappa shape index (κ3) is 5.79. The van der Waals surface area contributed by atoms with Crippen LogP contribution in [0.4, 0.5) is 8.78 Å². The topological polar surface area (TPSA) is 71.7 Å². The first-order valence-electron chi connectivity index (χ1n) is 9.84. The zero-order chi connectivity index (χ0) is 22.4. The molecule has 1 aromatic carbocycles. The van der Waals surface area contributed by atoms with Crippen molar-refractivity contribution < 1.29 is 23.2 Å². The van der Waals surface area contributed by atoms with Crippen LogP contribution in [0.2, 0.25) is 0 Å². The van der Waals surface area contributed by atoms with Gasteiger partial charge in [0, 0.05) is 43.6 Å². The number of alkyl halides is 2. The highest BCUT2D eigenvalue weighted by Crippen LogP contribution is 2.33. The molecule has 31 heavy (non-hydrogen) atoms. The van der Waals surface area contributed by atoms with Crippen LogP contribution in [0, 0.1) is 6.57 Å². The summed E-state index contributed by atoms with van der Waals surface area (Å²) in [5, 5.41) is 0. The molecule has 0 bridgehead atoms. The lowest BCUT2D eigenvalue weighted by molar-refractivity contribution is -0.132. The van der Waals surface area contributed by atoms with Gasteiger partial charge in [-0.25, -0.2) is 15.4 Å². The number of benzene rings is 1. The maximum Gasteiger partial charge on any atom is 0.306 e. The molecular weight excluding hydrogens is 404 g/mol. The Balaban J connectivity index is 1.61. The smallest absolute Gasteiger partial charge is 0.299 e. The molecule has 0 saturated carbocycles. The Bertz CT molecular complexity index is 1020. The first-order valence-corrected chi connectivity index (χ1v) is 9.84. The minimum absolute atomic E-state index is 0.0237. The van der Waals surface area contributed by atoms with Crippen LogP contribution in [0.3, 0.4) is 0 Å². The summed E-state index contributed by atoms with van der Waals surface area (Å²) in [5.74, 6) is -4.19. The Morgan fingerprint density at radius 1 is 1.13 bits per heavy atom. The quantitative estimate of drug-likeness (QED) is 0.479. The third-order valence-corrected chi connectivity index (χ3v) is 5.11. The van der Waals surface area contributed by atoms with Crippen LogP contribution in [-0.4, -0.2) is 46.0 Å². The number of halogens is 2. The molecule has 0 radical (unpaired) electrons. The van der Waals surface area contributed by atoms with Crippen LogP contribution in [0.5, 0.6) is 0 Å². The number of likely N-dealkylation sites (tertiary alicyclic amines) is 1. The predicted molar refractivity (Wildman–Crippen MR) is 108 cm³/mol. The predicted octanol–water partition coefficient (Wildman–Crippen LogP) is 3.51. The van der Waals surface area contributed by atoms with Gasteiger partial charge in [-0.1, -0.05) is 30.3 Å². The second kappa shape index (κ2) is 9.56. The molecule has 1 aliphatic rings. The third-order valence-electron chi connectivity index (χ3n) is 5.11. The molecule has 8 heteroatoms. The largest absolute Gasteiger partial charge is 0.306 e. The summed E-state index contributed by atoms with van der Waals surface area (Å²) in [7, 11) is 0. The van der Waals surface area contributed by atoms with E-state index in [-0.39, 0.29) is 42.8 Å². The molecule has 160 valence electrons. The number of aromatic nitrogens is 1. The van der Waals surface area contributed by atoms with Crippen molar-refractivity contribution in [2.45, 2.75) is 44.2 Å². The fourth-order valence-corrected chi connectivity index (χ4v) is 3.60. The van der Waals surface area contributed by atoms with Gasteiger partial charge in [-0.2, -0.15) is 0 Å². The molecule has 3 rings (SSSR count). The van der Waals surface area contributed by atoms with Gasteiger partial charge in [0.05, 0.1) is 6.54 Å². The summed E-state index contributed by atoms with van der Waals surface area (Å²) in [4.78, 5) is 45.4. The molecular formula is C23H21F2N3O3. The van der Waals surface area contributed by atoms with Gasteiger partial charge in [-0.3, -0.25) is 29.1 Å². The first kappa shape index (κ1) is 22.2. The summed E-state index contributed by atoms with van der Waals surface area (Å²) < 4.78 is 27.1. The number of Topliss-reactive ketones (excluding diaryl/α,β-unsaturated/α-hetero) is 2. The van der Waals surface area contributed by atoms with E-state index in [2.05, 4.69) is 9.83 Å². The van der Waals surface area contributed by atoms with Crippen LogP contribution < -0.4 is 0 Å². The standard InChI is InChI=1S/C23H21F2N3O3/c1-26-21-13-23(24,25)15-28(21)22(31)8-7-20(30)19-9-10-27-14-17(19)12-18(29)11-16-5-3-2-4-6-16/h2-6,9-10,14,21H,7-8,11-13,15H2/t21-/m0/s1. The lowest BCUT2D eigenvalue weighted by Gasteiger charge is -2.16. The maximum absolute atomic E-state index is 13.5. The number of hydrogen-bond donors (Lipinski definition) is 0. The van der Waals surface area contributed by atoms with Crippen LogP contribution in [0.1, 0.15) is 40.7 Å². The summed E-state index contributed by atoms with van der Waals surface area (Å²) in [6.07, 6.45) is 0.762. The second-order valence-electron chi connectivity index (χ2n) is 7.53. The molecule has 1 atom stereocenters. The number of carbonyl (C=O) groups excluding carboxylic acids is 3. The number of hydrogen-bond acceptors (Lipinski definition) is 4. The molecule has 0 N–H and O–H groups in total. The molecule has 0 aliphatic carbocycles. The monoisotopic (exact) mass is 425 g/mol. The SMILES string of the molecule is [C-]#[N+][C@@H]1CC(F)(F)CN1C(=O)CCC(=O)c1ccncc1CC(=O)Cc1ccccc1. The van der Waals surface area contributed by atoms with Crippen molar-refractivity contribution in [1.29, 1.82) is 0 Å². The lowest BCUT2D eigenvalue weighted by Crippen LogP contribution is -2.35. The Kier molecular flexibility index (Phi) is 6.85. The normalized spacial score (nSPS) is 17.2. The van der Waals surface area contributed by atoms with Gasteiger partial charge in [0.25, 0.3) is 5.92 Å². The van der Waals surface area contributed by atoms with Gasteiger partial charge >= 0.3 is 6.17 Å². The average molecular weight is 425 g/mol. The molecule has 1 fully saturated rings. The number of ketones is 2. The molecule has 2 aromatic rings. The van der Waals surface area contributed by atoms with E-state index in [0.29, 0.717) is 5.56 Å². The molecule has 0 unspecified atom stereocenters. The molecule has 6 nitrogen and oxygen atoms in total. The summed E-state index contributed by atoms with van der Waals surface area (Å²) >= 11 is 0. The first-order chi connectivity index (χ1) is 14.8. The van der Waals surface area contributed by atoms with Crippen LogP contribution in [-0.2, 0) is 22.4 Å². The van der Waals surface area contributed by atoms with Crippen molar-refractivity contribution >= 4 is 17.5 Å². The van der Waals surface area contributed by atoms with Crippen molar-refractivity contribution in [3.8, 4) is 0 Å². The fourth-order valence-electron chi connectivity index (χ4n) is 3.60. The number of pyridine rings is 1. The average Bonchev–Trinajstić information content (AvgIpc) is 3.07. The van der Waals surface area contributed by atoms with E-state index in [1.54, 1.807) is 0 Å². The fraction of sp³-hybridized carbons (Fsp3) is 0.348. The zero-order valence-electron chi connectivity index (χ0n) is 16.8. The Morgan fingerprint density at radius 3 is 2.58 bits per heavy atom. The van der Waals surface area contributed by atoms with E-state index in [1.165, 1.54) is 18.5 Å². The summed E-state index contributed by atoms with van der Waals surface area (Å²) in [6.45, 7) is 6.21. The number of nitrogens with zero attached hydrogens (tertiary/aromatic N) is 3. The summed E-state index contributed by atoms with van der Waals surface area (Å²) in [6, 6.07) is 10.7. The van der Waals surface area contributed by atoms with Gasteiger partial charge in [-0.05, 0) is 17.2 Å². The highest BCUT2D eigenvalue weighted by Gasteiger charge is 2.50. The summed E-state index contributed by atoms with van der Waals surface area (Å²) in [5.41, 5.74) is 1.62. The van der Waals surface area contributed by atoms with Gasteiger partial charge in [0.15, 0.2) is 5.78 Å². The Hall–Kier alpha value is -3.47. The van der Waals surface area contributed by atoms with Gasteiger partial charge in [0.1, 0.15) is 12.2 Å². The molecule has 2 heterocycles. The molecule has 1 aliphatic heterocycles. The van der Waals surface area contributed by atoms with E-state index < -0.39 is 31.0 Å². The second-order valence-corrected chi connectivity index (χ2v) is 7.53. The van der Waals surface area contributed by atoms with Crippen LogP contribution in [0.25, 0.3) is 4.85 Å². The zero-order valence-corrected chi connectivity index (χ0v) is 16.8. The van der Waals surface area contributed by atoms with Crippen molar-refractivity contribution in [2.24, 2.45) is 0 Å². The Morgan fingerprint density at radius 2 is 1.87 bits per heavy atom. The highest BCUT2D eigenvalue weighted by molar-refractivity contribution is 6.00. The van der Waals surface area contributed by atoms with E-state index >= 15 is 0 Å². The Labute approximate surface area is 178 Å². The minimum atomic E-state index is -3.09. The number of carbonyl (C=O) groups is 3. The molecule has 1 amide bonds. The van der Waals surface area contributed by atoms with Crippen molar-refractivity contribution in [1.82, 2.24) is 9.88 Å². The number of rotatable bonds is 8. The molecule has 1 aromatic heterocycles. The maximum atomic E-state index is 13.5. The molecule has 0 spiro atoms. The van der Waals surface area contributed by atoms with E-state index in [4.69, 9.17) is 6.57 Å². The van der Waals surface area contributed by atoms with Crippen molar-refractivity contribution in [3.63, 3.8) is 0 Å². The van der Waals surface area contributed by atoms with E-state index in [0.717, 1.165) is 10.5 Å². The van der Waals surface area contributed by atoms with Gasteiger partial charge in [-0.15, -0.1) is 0 Å².